The molecular weight excluding hydrogens is 368 g/mol. The number of aromatic nitrogens is 1. The molecule has 1 aliphatic heterocycles. The van der Waals surface area contributed by atoms with Crippen molar-refractivity contribution < 1.29 is 14.1 Å². The van der Waals surface area contributed by atoms with E-state index < -0.39 is 0 Å². The average Bonchev–Trinajstić information content (AvgIpc) is 2.95. The van der Waals surface area contributed by atoms with E-state index in [2.05, 4.69) is 15.8 Å². The van der Waals surface area contributed by atoms with Crippen LogP contribution >= 0.6 is 11.6 Å². The Kier molecular flexibility index (Phi) is 5.70. The van der Waals surface area contributed by atoms with Gasteiger partial charge >= 0.3 is 0 Å². The summed E-state index contributed by atoms with van der Waals surface area (Å²) in [5.41, 5.74) is 2.95. The number of nitrogens with zero attached hydrogens (tertiary/aromatic N) is 2. The highest BCUT2D eigenvalue weighted by atomic mass is 35.5. The SMILES string of the molecule is CCC(C(=O)Nc1ccc(N2CCNC(=O)C2)c(Cl)c1)c1c(C)noc1C. The van der Waals surface area contributed by atoms with Crippen LogP contribution in [0.4, 0.5) is 11.4 Å². The van der Waals surface area contributed by atoms with Crippen LogP contribution in [0.2, 0.25) is 5.02 Å². The number of piperazine rings is 1. The van der Waals surface area contributed by atoms with Gasteiger partial charge in [-0.2, -0.15) is 0 Å². The molecule has 2 aromatic rings. The molecule has 8 heteroatoms. The molecule has 3 rings (SSSR count). The van der Waals surface area contributed by atoms with Crippen molar-refractivity contribution in [2.24, 2.45) is 0 Å². The molecule has 2 amide bonds. The van der Waals surface area contributed by atoms with Crippen LogP contribution in [0.1, 0.15) is 36.3 Å². The molecule has 7 nitrogen and oxygen atoms in total. The van der Waals surface area contributed by atoms with Crippen molar-refractivity contribution in [3.63, 3.8) is 0 Å². The van der Waals surface area contributed by atoms with Gasteiger partial charge in [-0.25, -0.2) is 0 Å². The van der Waals surface area contributed by atoms with Crippen LogP contribution in [0.15, 0.2) is 22.7 Å². The fourth-order valence-corrected chi connectivity index (χ4v) is 3.72. The van der Waals surface area contributed by atoms with E-state index >= 15 is 0 Å². The summed E-state index contributed by atoms with van der Waals surface area (Å²) in [5.74, 6) is 0.153. The number of carbonyl (C=O) groups excluding carboxylic acids is 2. The molecule has 1 aromatic heterocycles. The van der Waals surface area contributed by atoms with Gasteiger partial charge in [-0.3, -0.25) is 9.59 Å². The zero-order valence-electron chi connectivity index (χ0n) is 15.6. The number of carbonyl (C=O) groups is 2. The van der Waals surface area contributed by atoms with E-state index in [0.717, 1.165) is 16.9 Å². The zero-order valence-corrected chi connectivity index (χ0v) is 16.4. The van der Waals surface area contributed by atoms with Gasteiger partial charge in [0.05, 0.1) is 28.9 Å². The number of aryl methyl sites for hydroxylation is 2. The molecule has 1 aromatic carbocycles. The summed E-state index contributed by atoms with van der Waals surface area (Å²) < 4.78 is 5.20. The van der Waals surface area contributed by atoms with Gasteiger partial charge in [0.15, 0.2) is 0 Å². The quantitative estimate of drug-likeness (QED) is 0.819. The first-order valence-electron chi connectivity index (χ1n) is 8.95. The minimum Gasteiger partial charge on any atom is -0.361 e. The smallest absolute Gasteiger partial charge is 0.239 e. The van der Waals surface area contributed by atoms with Gasteiger partial charge in [-0.05, 0) is 38.5 Å². The van der Waals surface area contributed by atoms with Crippen LogP contribution in [0.3, 0.4) is 0 Å². The highest BCUT2D eigenvalue weighted by Crippen LogP contribution is 2.31. The lowest BCUT2D eigenvalue weighted by atomic mass is 9.94. The lowest BCUT2D eigenvalue weighted by molar-refractivity contribution is -0.120. The monoisotopic (exact) mass is 390 g/mol. The normalized spacial score (nSPS) is 15.4. The van der Waals surface area contributed by atoms with Gasteiger partial charge in [0.25, 0.3) is 0 Å². The molecule has 1 unspecified atom stereocenters. The van der Waals surface area contributed by atoms with E-state index in [1.165, 1.54) is 0 Å². The van der Waals surface area contributed by atoms with Crippen molar-refractivity contribution in [3.8, 4) is 0 Å². The predicted octanol–water partition coefficient (Wildman–Crippen LogP) is 3.01. The number of benzene rings is 1. The molecule has 144 valence electrons. The largest absolute Gasteiger partial charge is 0.361 e. The standard InChI is InChI=1S/C19H23ClN4O3/c1-4-14(18-11(2)23-27-12(18)3)19(26)22-13-5-6-16(15(20)9-13)24-8-7-21-17(25)10-24/h5-6,9,14H,4,7-8,10H2,1-3H3,(H,21,25)(H,22,26). The van der Waals surface area contributed by atoms with E-state index in [1.54, 1.807) is 12.1 Å². The Morgan fingerprint density at radius 1 is 1.44 bits per heavy atom. The fraction of sp³-hybridized carbons (Fsp3) is 0.421. The molecule has 27 heavy (non-hydrogen) atoms. The second-order valence-corrected chi connectivity index (χ2v) is 7.03. The summed E-state index contributed by atoms with van der Waals surface area (Å²) in [4.78, 5) is 26.3. The number of hydrogen-bond acceptors (Lipinski definition) is 5. The highest BCUT2D eigenvalue weighted by molar-refractivity contribution is 6.33. The highest BCUT2D eigenvalue weighted by Gasteiger charge is 2.26. The first-order chi connectivity index (χ1) is 12.9. The fourth-order valence-electron chi connectivity index (χ4n) is 3.42. The maximum Gasteiger partial charge on any atom is 0.239 e. The molecule has 0 bridgehead atoms. The summed E-state index contributed by atoms with van der Waals surface area (Å²) in [5, 5.41) is 10.1. The van der Waals surface area contributed by atoms with E-state index in [9.17, 15) is 9.59 Å². The molecule has 1 saturated heterocycles. The number of rotatable bonds is 5. The minimum absolute atomic E-state index is 0.0278. The first kappa shape index (κ1) is 19.2. The topological polar surface area (TPSA) is 87.5 Å². The Morgan fingerprint density at radius 3 is 2.81 bits per heavy atom. The van der Waals surface area contributed by atoms with Gasteiger partial charge in [0.1, 0.15) is 5.76 Å². The molecule has 1 fully saturated rings. The van der Waals surface area contributed by atoms with Crippen LogP contribution < -0.4 is 15.5 Å². The third-order valence-electron chi connectivity index (χ3n) is 4.76. The Labute approximate surface area is 163 Å². The Hall–Kier alpha value is -2.54. The maximum absolute atomic E-state index is 12.8. The van der Waals surface area contributed by atoms with Crippen LogP contribution in [-0.4, -0.2) is 36.6 Å². The van der Waals surface area contributed by atoms with Crippen LogP contribution in [0.25, 0.3) is 0 Å². The summed E-state index contributed by atoms with van der Waals surface area (Å²) in [6.07, 6.45) is 0.628. The number of hydrogen-bond donors (Lipinski definition) is 2. The van der Waals surface area contributed by atoms with Gasteiger partial charge in [0.2, 0.25) is 11.8 Å². The van der Waals surface area contributed by atoms with E-state index in [0.29, 0.717) is 36.0 Å². The average molecular weight is 391 g/mol. The van der Waals surface area contributed by atoms with Crippen LogP contribution in [0, 0.1) is 13.8 Å². The first-order valence-corrected chi connectivity index (χ1v) is 9.33. The van der Waals surface area contributed by atoms with Crippen molar-refractivity contribution in [1.82, 2.24) is 10.5 Å². The number of amides is 2. The molecule has 2 N–H and O–H groups in total. The van der Waals surface area contributed by atoms with Crippen molar-refractivity contribution >= 4 is 34.8 Å². The van der Waals surface area contributed by atoms with Gasteiger partial charge < -0.3 is 20.1 Å². The zero-order chi connectivity index (χ0) is 19.6. The Balaban J connectivity index is 1.76. The molecule has 0 saturated carbocycles. The molecule has 2 heterocycles. The number of nitrogens with one attached hydrogen (secondary N) is 2. The summed E-state index contributed by atoms with van der Waals surface area (Å²) >= 11 is 6.41. The predicted molar refractivity (Wildman–Crippen MR) is 104 cm³/mol. The molecule has 1 aliphatic rings. The third kappa shape index (κ3) is 4.08. The van der Waals surface area contributed by atoms with E-state index in [1.807, 2.05) is 31.7 Å². The Morgan fingerprint density at radius 2 is 2.22 bits per heavy atom. The lowest BCUT2D eigenvalue weighted by Crippen LogP contribution is -2.47. The third-order valence-corrected chi connectivity index (χ3v) is 5.06. The lowest BCUT2D eigenvalue weighted by Gasteiger charge is -2.29. The van der Waals surface area contributed by atoms with Crippen molar-refractivity contribution in [2.45, 2.75) is 33.1 Å². The molecule has 1 atom stereocenters. The van der Waals surface area contributed by atoms with Crippen LogP contribution in [0.5, 0.6) is 0 Å². The van der Waals surface area contributed by atoms with Crippen molar-refractivity contribution in [1.29, 1.82) is 0 Å². The number of anilines is 2. The van der Waals surface area contributed by atoms with Gasteiger partial charge in [-0.15, -0.1) is 0 Å². The van der Waals surface area contributed by atoms with Crippen LogP contribution in [-0.2, 0) is 9.59 Å². The minimum atomic E-state index is -0.347. The molecular formula is C19H23ClN4O3. The van der Waals surface area contributed by atoms with Gasteiger partial charge in [0, 0.05) is 24.3 Å². The molecule has 0 spiro atoms. The van der Waals surface area contributed by atoms with Crippen molar-refractivity contribution in [3.05, 3.63) is 40.2 Å². The van der Waals surface area contributed by atoms with Gasteiger partial charge in [-0.1, -0.05) is 23.7 Å². The van der Waals surface area contributed by atoms with Crippen molar-refractivity contribution in [2.75, 3.05) is 29.9 Å². The maximum atomic E-state index is 12.8. The molecule has 0 radical (unpaired) electrons. The second-order valence-electron chi connectivity index (χ2n) is 6.63. The Bertz CT molecular complexity index is 845. The molecule has 0 aliphatic carbocycles. The summed E-state index contributed by atoms with van der Waals surface area (Å²) in [7, 11) is 0. The summed E-state index contributed by atoms with van der Waals surface area (Å²) in [6, 6.07) is 5.33. The van der Waals surface area contributed by atoms with E-state index in [4.69, 9.17) is 16.1 Å². The summed E-state index contributed by atoms with van der Waals surface area (Å²) in [6.45, 7) is 7.15. The van der Waals surface area contributed by atoms with E-state index in [-0.39, 0.29) is 24.3 Å². The second kappa shape index (κ2) is 8.00. The number of halogens is 1.